The van der Waals surface area contributed by atoms with Gasteiger partial charge in [0.15, 0.2) is 0 Å². The SMILES string of the molecule is CCC1(N2CCOCC2)CCC(Oc2ccnc3sc4c(c23)[C@@H](C[C@@H](O)C(N)=O)CC4)CC1. The van der Waals surface area contributed by atoms with Crippen LogP contribution in [-0.4, -0.2) is 64.9 Å². The van der Waals surface area contributed by atoms with E-state index in [2.05, 4.69) is 16.8 Å². The molecule has 1 aliphatic heterocycles. The van der Waals surface area contributed by atoms with E-state index in [-0.39, 0.29) is 17.6 Å². The van der Waals surface area contributed by atoms with Crippen molar-refractivity contribution in [2.75, 3.05) is 26.3 Å². The van der Waals surface area contributed by atoms with Gasteiger partial charge in [0.25, 0.3) is 0 Å². The summed E-state index contributed by atoms with van der Waals surface area (Å²) in [6, 6.07) is 1.98. The van der Waals surface area contributed by atoms with E-state index in [1.165, 1.54) is 16.9 Å². The van der Waals surface area contributed by atoms with Crippen LogP contribution in [0.4, 0.5) is 0 Å². The number of amides is 1. The van der Waals surface area contributed by atoms with E-state index in [1.54, 1.807) is 11.3 Å². The van der Waals surface area contributed by atoms with Gasteiger partial charge in [-0.2, -0.15) is 0 Å². The number of carbonyl (C=O) groups excluding carboxylic acids is 1. The first-order chi connectivity index (χ1) is 16.0. The number of aromatic nitrogens is 1. The number of thiophene rings is 1. The molecule has 1 amide bonds. The Labute approximate surface area is 199 Å². The van der Waals surface area contributed by atoms with E-state index in [1.807, 2.05) is 12.3 Å². The van der Waals surface area contributed by atoms with Crippen molar-refractivity contribution in [2.24, 2.45) is 5.73 Å². The van der Waals surface area contributed by atoms with E-state index in [4.69, 9.17) is 15.2 Å². The number of fused-ring (bicyclic) bond motifs is 3. The van der Waals surface area contributed by atoms with Crippen molar-refractivity contribution in [3.8, 4) is 5.75 Å². The summed E-state index contributed by atoms with van der Waals surface area (Å²) in [6.07, 6.45) is 8.73. The second-order valence-electron chi connectivity index (χ2n) is 9.81. The van der Waals surface area contributed by atoms with Crippen molar-refractivity contribution in [1.82, 2.24) is 9.88 Å². The van der Waals surface area contributed by atoms with Crippen LogP contribution in [0, 0.1) is 0 Å². The number of aliphatic hydroxyl groups excluding tert-OH is 1. The van der Waals surface area contributed by atoms with Crippen molar-refractivity contribution in [1.29, 1.82) is 0 Å². The summed E-state index contributed by atoms with van der Waals surface area (Å²) >= 11 is 1.72. The number of hydrogen-bond acceptors (Lipinski definition) is 7. The molecule has 8 heteroatoms. The second kappa shape index (κ2) is 9.49. The molecule has 2 aliphatic carbocycles. The van der Waals surface area contributed by atoms with Crippen LogP contribution in [-0.2, 0) is 16.0 Å². The van der Waals surface area contributed by atoms with Crippen molar-refractivity contribution < 1.29 is 19.4 Å². The van der Waals surface area contributed by atoms with Gasteiger partial charge in [-0.15, -0.1) is 11.3 Å². The zero-order valence-electron chi connectivity index (χ0n) is 19.4. The monoisotopic (exact) mass is 473 g/mol. The lowest BCUT2D eigenvalue weighted by Crippen LogP contribution is -2.55. The van der Waals surface area contributed by atoms with Gasteiger partial charge in [-0.3, -0.25) is 9.69 Å². The molecule has 3 heterocycles. The average molecular weight is 474 g/mol. The first-order valence-corrected chi connectivity index (χ1v) is 13.2. The Bertz CT molecular complexity index is 995. The molecule has 1 saturated heterocycles. The maximum absolute atomic E-state index is 11.4. The molecule has 2 aromatic rings. The minimum Gasteiger partial charge on any atom is -0.490 e. The molecule has 180 valence electrons. The topological polar surface area (TPSA) is 97.9 Å². The number of morpholine rings is 1. The number of aliphatic hydroxyl groups is 1. The summed E-state index contributed by atoms with van der Waals surface area (Å²) < 4.78 is 12.2. The number of pyridine rings is 1. The Hall–Kier alpha value is -1.74. The summed E-state index contributed by atoms with van der Waals surface area (Å²) in [5.74, 6) is 0.362. The maximum atomic E-state index is 11.4. The number of ether oxygens (including phenoxy) is 2. The van der Waals surface area contributed by atoms with Crippen LogP contribution in [0.5, 0.6) is 5.75 Å². The van der Waals surface area contributed by atoms with Gasteiger partial charge in [-0.05, 0) is 68.9 Å². The normalized spacial score (nSPS) is 29.2. The zero-order chi connectivity index (χ0) is 23.0. The van der Waals surface area contributed by atoms with Gasteiger partial charge in [0.2, 0.25) is 5.91 Å². The third-order valence-corrected chi connectivity index (χ3v) is 9.30. The molecular weight excluding hydrogens is 438 g/mol. The highest BCUT2D eigenvalue weighted by atomic mass is 32.1. The lowest BCUT2D eigenvalue weighted by Gasteiger charge is -2.49. The average Bonchev–Trinajstić information content (AvgIpc) is 3.40. The Morgan fingerprint density at radius 2 is 2.12 bits per heavy atom. The smallest absolute Gasteiger partial charge is 0.246 e. The highest BCUT2D eigenvalue weighted by Crippen LogP contribution is 2.48. The summed E-state index contributed by atoms with van der Waals surface area (Å²) in [7, 11) is 0. The van der Waals surface area contributed by atoms with Crippen molar-refractivity contribution in [3.05, 3.63) is 22.7 Å². The van der Waals surface area contributed by atoms with Crippen LogP contribution in [0.1, 0.15) is 68.2 Å². The minimum absolute atomic E-state index is 0.114. The van der Waals surface area contributed by atoms with E-state index < -0.39 is 12.0 Å². The van der Waals surface area contributed by atoms with Gasteiger partial charge in [0.05, 0.1) is 24.7 Å². The fraction of sp³-hybridized carbons (Fsp3) is 0.680. The molecule has 0 spiro atoms. The van der Waals surface area contributed by atoms with Crippen LogP contribution in [0.2, 0.25) is 0 Å². The Morgan fingerprint density at radius 3 is 2.82 bits per heavy atom. The van der Waals surface area contributed by atoms with Crippen molar-refractivity contribution >= 4 is 27.5 Å². The van der Waals surface area contributed by atoms with E-state index in [9.17, 15) is 9.90 Å². The van der Waals surface area contributed by atoms with Gasteiger partial charge in [0.1, 0.15) is 16.7 Å². The standard InChI is InChI=1S/C25H35N3O4S/c1-2-25(28-11-13-31-14-12-28)8-5-17(6-9-25)32-19-7-10-27-24-22(19)21-16(3-4-20(21)33-24)15-18(29)23(26)30/h7,10,16-18,29H,2-6,8-9,11-15H2,1H3,(H2,26,30)/t16-,17?,18-,25?/m1/s1. The molecule has 7 nitrogen and oxygen atoms in total. The van der Waals surface area contributed by atoms with Gasteiger partial charge >= 0.3 is 0 Å². The summed E-state index contributed by atoms with van der Waals surface area (Å²) in [6.45, 7) is 6.06. The maximum Gasteiger partial charge on any atom is 0.246 e. The molecule has 0 aromatic carbocycles. The van der Waals surface area contributed by atoms with Crippen LogP contribution in [0.25, 0.3) is 10.2 Å². The van der Waals surface area contributed by atoms with Gasteiger partial charge < -0.3 is 20.3 Å². The molecule has 2 fully saturated rings. The number of nitrogens with two attached hydrogens (primary N) is 1. The lowest BCUT2D eigenvalue weighted by atomic mass is 9.77. The number of primary amides is 1. The Morgan fingerprint density at radius 1 is 1.36 bits per heavy atom. The molecule has 2 aromatic heterocycles. The van der Waals surface area contributed by atoms with E-state index in [0.717, 1.165) is 80.8 Å². The number of rotatable bonds is 7. The first kappa shape index (κ1) is 23.0. The van der Waals surface area contributed by atoms with Crippen LogP contribution in [0.15, 0.2) is 12.3 Å². The third kappa shape index (κ3) is 4.38. The number of carbonyl (C=O) groups is 1. The highest BCUT2D eigenvalue weighted by Gasteiger charge is 2.40. The van der Waals surface area contributed by atoms with Crippen molar-refractivity contribution in [3.63, 3.8) is 0 Å². The minimum atomic E-state index is -1.11. The molecular formula is C25H35N3O4S. The molecule has 2 atom stereocenters. The number of hydrogen-bond donors (Lipinski definition) is 2. The summed E-state index contributed by atoms with van der Waals surface area (Å²) in [5.41, 5.74) is 6.82. The third-order valence-electron chi connectivity index (χ3n) is 8.13. The Kier molecular flexibility index (Phi) is 6.62. The molecule has 5 rings (SSSR count). The summed E-state index contributed by atoms with van der Waals surface area (Å²) in [5, 5.41) is 11.2. The van der Waals surface area contributed by atoms with Gasteiger partial charge in [-0.1, -0.05) is 6.92 Å². The Balaban J connectivity index is 1.34. The zero-order valence-corrected chi connectivity index (χ0v) is 20.2. The van der Waals surface area contributed by atoms with Gasteiger partial charge in [-0.25, -0.2) is 4.98 Å². The van der Waals surface area contributed by atoms with E-state index in [0.29, 0.717) is 6.42 Å². The molecule has 0 bridgehead atoms. The molecule has 3 aliphatic rings. The predicted octanol–water partition coefficient (Wildman–Crippen LogP) is 3.36. The van der Waals surface area contributed by atoms with E-state index >= 15 is 0 Å². The summed E-state index contributed by atoms with van der Waals surface area (Å²) in [4.78, 5) is 21.0. The second-order valence-corrected chi connectivity index (χ2v) is 10.9. The number of nitrogens with zero attached hydrogens (tertiary/aromatic N) is 2. The highest BCUT2D eigenvalue weighted by molar-refractivity contribution is 7.19. The molecule has 0 radical (unpaired) electrons. The van der Waals surface area contributed by atoms with Crippen LogP contribution >= 0.6 is 11.3 Å². The lowest BCUT2D eigenvalue weighted by molar-refractivity contribution is -0.126. The van der Waals surface area contributed by atoms with Crippen LogP contribution < -0.4 is 10.5 Å². The van der Waals surface area contributed by atoms with Crippen molar-refractivity contribution in [2.45, 2.75) is 82.0 Å². The fourth-order valence-electron chi connectivity index (χ4n) is 6.21. The first-order valence-electron chi connectivity index (χ1n) is 12.4. The molecule has 3 N–H and O–H groups in total. The largest absolute Gasteiger partial charge is 0.490 e. The van der Waals surface area contributed by atoms with Crippen LogP contribution in [0.3, 0.4) is 0 Å². The van der Waals surface area contributed by atoms with Gasteiger partial charge in [0, 0.05) is 29.7 Å². The number of aryl methyl sites for hydroxylation is 1. The molecule has 33 heavy (non-hydrogen) atoms. The molecule has 0 unspecified atom stereocenters. The quantitative estimate of drug-likeness (QED) is 0.640. The predicted molar refractivity (Wildman–Crippen MR) is 129 cm³/mol. The fourth-order valence-corrected chi connectivity index (χ4v) is 7.46. The molecule has 1 saturated carbocycles.